The molecule has 6 heteroatoms. The first kappa shape index (κ1) is 47.4. The second-order valence-electron chi connectivity index (χ2n) is 13.5. The molecule has 0 fully saturated rings. The van der Waals surface area contributed by atoms with Gasteiger partial charge in [0.05, 0.1) is 0 Å². The van der Waals surface area contributed by atoms with Crippen LogP contribution in [0.25, 0.3) is 0 Å². The molecule has 0 saturated carbocycles. The normalized spacial score (nSPS) is 12.5. The summed E-state index contributed by atoms with van der Waals surface area (Å²) in [5.41, 5.74) is 0. The lowest BCUT2D eigenvalue weighted by Gasteiger charge is -2.18. The Hall–Kier alpha value is -2.63. The van der Waals surface area contributed by atoms with Crippen molar-refractivity contribution in [2.45, 2.75) is 200 Å². The molecule has 0 aromatic rings. The molecule has 0 rings (SSSR count). The monoisotopic (exact) mass is 701 g/mol. The molecule has 0 heterocycles. The summed E-state index contributed by atoms with van der Waals surface area (Å²) in [6.07, 6.45) is 43.8. The van der Waals surface area contributed by atoms with Gasteiger partial charge in [-0.05, 0) is 70.6 Å². The smallest absolute Gasteiger partial charge is 0.306 e. The van der Waals surface area contributed by atoms with Crippen molar-refractivity contribution in [2.24, 2.45) is 0 Å². The molecule has 0 N–H and O–H groups in total. The number of unbranched alkanes of at least 4 members (excludes halogenated alkanes) is 17. The number of hydrogen-bond donors (Lipinski definition) is 0. The summed E-state index contributed by atoms with van der Waals surface area (Å²) in [6, 6.07) is 0. The van der Waals surface area contributed by atoms with Crippen molar-refractivity contribution in [1.29, 1.82) is 0 Å². The van der Waals surface area contributed by atoms with Crippen LogP contribution in [0.15, 0.2) is 48.6 Å². The first-order valence-corrected chi connectivity index (χ1v) is 20.6. The summed E-state index contributed by atoms with van der Waals surface area (Å²) >= 11 is 0. The van der Waals surface area contributed by atoms with Gasteiger partial charge in [-0.3, -0.25) is 14.4 Å². The summed E-state index contributed by atoms with van der Waals surface area (Å²) in [5.74, 6) is -0.936. The number of carbonyl (C=O) groups is 3. The first-order chi connectivity index (χ1) is 24.5. The third-order valence-corrected chi connectivity index (χ3v) is 8.55. The summed E-state index contributed by atoms with van der Waals surface area (Å²) < 4.78 is 16.6. The minimum absolute atomic E-state index is 0.0855. The second kappa shape index (κ2) is 39.2. The number of allylic oxidation sites excluding steroid dienone is 8. The van der Waals surface area contributed by atoms with Gasteiger partial charge in [0.25, 0.3) is 0 Å². The zero-order chi connectivity index (χ0) is 36.6. The van der Waals surface area contributed by atoms with Crippen molar-refractivity contribution in [3.63, 3.8) is 0 Å². The van der Waals surface area contributed by atoms with E-state index >= 15 is 0 Å². The molecule has 0 radical (unpaired) electrons. The van der Waals surface area contributed by atoms with Crippen molar-refractivity contribution in [2.75, 3.05) is 13.2 Å². The highest BCUT2D eigenvalue weighted by Crippen LogP contribution is 2.13. The van der Waals surface area contributed by atoms with Crippen LogP contribution in [0.4, 0.5) is 0 Å². The molecular formula is C44H76O6. The van der Waals surface area contributed by atoms with Gasteiger partial charge >= 0.3 is 17.9 Å². The van der Waals surface area contributed by atoms with Crippen LogP contribution in [0.5, 0.6) is 0 Å². The van der Waals surface area contributed by atoms with Crippen LogP contribution in [0.2, 0.25) is 0 Å². The Bertz CT molecular complexity index is 902. The average Bonchev–Trinajstić information content (AvgIpc) is 3.11. The van der Waals surface area contributed by atoms with Crippen LogP contribution < -0.4 is 0 Å². The highest BCUT2D eigenvalue weighted by molar-refractivity contribution is 5.71. The Balaban J connectivity index is 4.42. The van der Waals surface area contributed by atoms with Gasteiger partial charge in [-0.2, -0.15) is 0 Å². The molecule has 0 aliphatic carbocycles. The summed E-state index contributed by atoms with van der Waals surface area (Å²) in [4.78, 5) is 37.5. The molecule has 0 amide bonds. The van der Waals surface area contributed by atoms with Crippen LogP contribution in [0.1, 0.15) is 194 Å². The molecule has 0 aromatic heterocycles. The Labute approximate surface area is 307 Å². The molecule has 0 saturated heterocycles. The van der Waals surface area contributed by atoms with E-state index in [2.05, 4.69) is 69.4 Å². The van der Waals surface area contributed by atoms with E-state index in [0.717, 1.165) is 103 Å². The zero-order valence-electron chi connectivity index (χ0n) is 32.7. The summed E-state index contributed by atoms with van der Waals surface area (Å²) in [7, 11) is 0. The fraction of sp³-hybridized carbons (Fsp3) is 0.750. The highest BCUT2D eigenvalue weighted by atomic mass is 16.6. The SMILES string of the molecule is CC/C=C\C/C=C\C/C=C\CCCCCC(=O)OCC(COC(=O)CCCCCCCCCCC)OC(=O)CCCCCCC/C=C\CCC. The van der Waals surface area contributed by atoms with Crippen LogP contribution in [0, 0.1) is 0 Å². The van der Waals surface area contributed by atoms with E-state index in [-0.39, 0.29) is 31.1 Å². The van der Waals surface area contributed by atoms with Crippen molar-refractivity contribution >= 4 is 17.9 Å². The molecular weight excluding hydrogens is 624 g/mol. The number of carbonyl (C=O) groups excluding carboxylic acids is 3. The maximum Gasteiger partial charge on any atom is 0.306 e. The number of ether oxygens (including phenoxy) is 3. The summed E-state index contributed by atoms with van der Waals surface area (Å²) in [6.45, 7) is 6.38. The van der Waals surface area contributed by atoms with Crippen molar-refractivity contribution in [3.05, 3.63) is 48.6 Å². The number of esters is 3. The molecule has 0 aliphatic rings. The number of rotatable bonds is 36. The second-order valence-corrected chi connectivity index (χ2v) is 13.5. The minimum atomic E-state index is -0.782. The molecule has 0 aromatic carbocycles. The van der Waals surface area contributed by atoms with E-state index < -0.39 is 6.10 Å². The van der Waals surface area contributed by atoms with Gasteiger partial charge < -0.3 is 14.2 Å². The predicted octanol–water partition coefficient (Wildman–Crippen LogP) is 12.8. The van der Waals surface area contributed by atoms with Gasteiger partial charge in [0.2, 0.25) is 0 Å². The first-order valence-electron chi connectivity index (χ1n) is 20.6. The third-order valence-electron chi connectivity index (χ3n) is 8.55. The fourth-order valence-corrected chi connectivity index (χ4v) is 5.46. The molecule has 288 valence electrons. The molecule has 0 spiro atoms. The van der Waals surface area contributed by atoms with E-state index in [9.17, 15) is 14.4 Å². The van der Waals surface area contributed by atoms with Crippen molar-refractivity contribution < 1.29 is 28.6 Å². The lowest BCUT2D eigenvalue weighted by Crippen LogP contribution is -2.30. The van der Waals surface area contributed by atoms with Gasteiger partial charge in [0.15, 0.2) is 6.10 Å². The van der Waals surface area contributed by atoms with Crippen molar-refractivity contribution in [1.82, 2.24) is 0 Å². The van der Waals surface area contributed by atoms with Crippen LogP contribution in [-0.2, 0) is 28.6 Å². The molecule has 0 bridgehead atoms. The Morgan fingerprint density at radius 1 is 0.420 bits per heavy atom. The lowest BCUT2D eigenvalue weighted by atomic mass is 10.1. The fourth-order valence-electron chi connectivity index (χ4n) is 5.46. The van der Waals surface area contributed by atoms with Gasteiger partial charge in [-0.1, -0.05) is 153 Å². The molecule has 6 nitrogen and oxygen atoms in total. The van der Waals surface area contributed by atoms with E-state index in [1.807, 2.05) is 0 Å². The van der Waals surface area contributed by atoms with Gasteiger partial charge in [-0.25, -0.2) is 0 Å². The van der Waals surface area contributed by atoms with E-state index in [1.165, 1.54) is 51.4 Å². The largest absolute Gasteiger partial charge is 0.462 e. The summed E-state index contributed by atoms with van der Waals surface area (Å²) in [5, 5.41) is 0. The maximum absolute atomic E-state index is 12.6. The average molecular weight is 701 g/mol. The molecule has 1 unspecified atom stereocenters. The van der Waals surface area contributed by atoms with Gasteiger partial charge in [0.1, 0.15) is 13.2 Å². The third kappa shape index (κ3) is 36.6. The molecule has 50 heavy (non-hydrogen) atoms. The Kier molecular flexibility index (Phi) is 37.1. The Morgan fingerprint density at radius 2 is 0.820 bits per heavy atom. The van der Waals surface area contributed by atoms with Crippen LogP contribution in [0.3, 0.4) is 0 Å². The van der Waals surface area contributed by atoms with E-state index in [1.54, 1.807) is 0 Å². The molecule has 0 aliphatic heterocycles. The Morgan fingerprint density at radius 3 is 1.34 bits per heavy atom. The number of hydrogen-bond acceptors (Lipinski definition) is 6. The predicted molar refractivity (Wildman–Crippen MR) is 210 cm³/mol. The van der Waals surface area contributed by atoms with E-state index in [0.29, 0.717) is 19.3 Å². The van der Waals surface area contributed by atoms with E-state index in [4.69, 9.17) is 14.2 Å². The highest BCUT2D eigenvalue weighted by Gasteiger charge is 2.19. The quantitative estimate of drug-likeness (QED) is 0.0280. The van der Waals surface area contributed by atoms with Crippen LogP contribution >= 0.6 is 0 Å². The van der Waals surface area contributed by atoms with Crippen molar-refractivity contribution in [3.8, 4) is 0 Å². The van der Waals surface area contributed by atoms with Crippen LogP contribution in [-0.4, -0.2) is 37.2 Å². The molecule has 1 atom stereocenters. The minimum Gasteiger partial charge on any atom is -0.462 e. The zero-order valence-corrected chi connectivity index (χ0v) is 32.7. The van der Waals surface area contributed by atoms with Gasteiger partial charge in [-0.15, -0.1) is 0 Å². The standard InChI is InChI=1S/C44H76O6/c1-4-7-10-13-16-19-21-22-23-26-28-31-34-37-43(46)49-40-41(39-48-42(45)36-33-30-27-24-18-15-12-9-6-3)50-44(47)38-35-32-29-25-20-17-14-11-8-5-2/h7,10-11,14,16,19,22-23,41H,4-6,8-9,12-13,15,17-18,20-21,24-40H2,1-3H3/b10-7-,14-11-,19-16-,23-22-. The topological polar surface area (TPSA) is 78.9 Å². The van der Waals surface area contributed by atoms with Gasteiger partial charge in [0, 0.05) is 19.3 Å². The lowest BCUT2D eigenvalue weighted by molar-refractivity contribution is -0.167. The maximum atomic E-state index is 12.6.